The second kappa shape index (κ2) is 2.96. The van der Waals surface area contributed by atoms with Crippen LogP contribution in [0, 0.1) is 11.3 Å². The van der Waals surface area contributed by atoms with Gasteiger partial charge in [-0.3, -0.25) is 0 Å². The number of anilines is 1. The lowest BCUT2D eigenvalue weighted by molar-refractivity contribution is -0.215. The smallest absolute Gasteiger partial charge is 0.188 e. The zero-order chi connectivity index (χ0) is 9.26. The van der Waals surface area contributed by atoms with Gasteiger partial charge in [-0.05, 0) is 12.1 Å². The van der Waals surface area contributed by atoms with E-state index in [1.54, 1.807) is 12.1 Å². The summed E-state index contributed by atoms with van der Waals surface area (Å²) >= 11 is 0. The van der Waals surface area contributed by atoms with Crippen LogP contribution in [0.15, 0.2) is 12.1 Å². The highest BCUT2D eigenvalue weighted by Crippen LogP contribution is 2.31. The molecule has 66 valence electrons. The van der Waals surface area contributed by atoms with Gasteiger partial charge in [0.15, 0.2) is 5.75 Å². The molecule has 1 aliphatic rings. The summed E-state index contributed by atoms with van der Waals surface area (Å²) in [6, 6.07) is 5.36. The Kier molecular flexibility index (Phi) is 1.80. The molecule has 0 saturated carbocycles. The molecule has 0 fully saturated rings. The van der Waals surface area contributed by atoms with Crippen LogP contribution in [-0.4, -0.2) is 6.61 Å². The van der Waals surface area contributed by atoms with Gasteiger partial charge in [-0.15, -0.1) is 0 Å². The van der Waals surface area contributed by atoms with Crippen LogP contribution in [0.25, 0.3) is 0 Å². The van der Waals surface area contributed by atoms with Gasteiger partial charge in [-0.25, -0.2) is 0 Å². The summed E-state index contributed by atoms with van der Waals surface area (Å²) in [6.07, 6.45) is 0.691. The third-order valence-electron chi connectivity index (χ3n) is 1.99. The molecule has 0 saturated heterocycles. The average molecular weight is 176 g/mol. The Morgan fingerprint density at radius 3 is 3.08 bits per heavy atom. The standard InChI is InChI=1S/C9H8N2O2/c10-5-6-1-2-8(11)7-3-4-12-13-9(6)7/h1-2H,3-4,11H2. The van der Waals surface area contributed by atoms with Gasteiger partial charge in [0, 0.05) is 17.7 Å². The Balaban J connectivity index is 2.61. The van der Waals surface area contributed by atoms with Crippen molar-refractivity contribution < 1.29 is 9.78 Å². The summed E-state index contributed by atoms with van der Waals surface area (Å²) in [7, 11) is 0. The molecule has 0 unspecified atom stereocenters. The second-order valence-corrected chi connectivity index (χ2v) is 2.78. The van der Waals surface area contributed by atoms with Crippen LogP contribution in [0.5, 0.6) is 5.75 Å². The molecule has 1 aromatic rings. The van der Waals surface area contributed by atoms with Crippen molar-refractivity contribution in [3.63, 3.8) is 0 Å². The molecule has 1 aromatic carbocycles. The first-order valence-electron chi connectivity index (χ1n) is 3.94. The van der Waals surface area contributed by atoms with Crippen LogP contribution < -0.4 is 10.6 Å². The van der Waals surface area contributed by atoms with Gasteiger partial charge in [0.05, 0.1) is 12.2 Å². The predicted octanol–water partition coefficient (Wildman–Crippen LogP) is 1.01. The normalized spacial score (nSPS) is 14.1. The zero-order valence-corrected chi connectivity index (χ0v) is 6.91. The molecule has 0 amide bonds. The van der Waals surface area contributed by atoms with E-state index < -0.39 is 0 Å². The van der Waals surface area contributed by atoms with E-state index in [1.165, 1.54) is 0 Å². The predicted molar refractivity (Wildman–Crippen MR) is 45.9 cm³/mol. The highest BCUT2D eigenvalue weighted by Gasteiger charge is 2.18. The van der Waals surface area contributed by atoms with Gasteiger partial charge in [-0.2, -0.15) is 10.1 Å². The molecule has 0 spiro atoms. The molecule has 4 nitrogen and oxygen atoms in total. The highest BCUT2D eigenvalue weighted by molar-refractivity contribution is 5.61. The number of rotatable bonds is 0. The van der Waals surface area contributed by atoms with Gasteiger partial charge in [0.1, 0.15) is 6.07 Å². The molecular weight excluding hydrogens is 168 g/mol. The molecule has 2 N–H and O–H groups in total. The van der Waals surface area contributed by atoms with E-state index in [1.807, 2.05) is 6.07 Å². The molecule has 0 radical (unpaired) electrons. The summed E-state index contributed by atoms with van der Waals surface area (Å²) in [5, 5.41) is 8.76. The third kappa shape index (κ3) is 1.19. The number of nitrogens with zero attached hydrogens (tertiary/aromatic N) is 1. The van der Waals surface area contributed by atoms with Gasteiger partial charge in [0.25, 0.3) is 0 Å². The van der Waals surface area contributed by atoms with Crippen LogP contribution in [0.3, 0.4) is 0 Å². The van der Waals surface area contributed by atoms with Crippen molar-refractivity contribution in [2.24, 2.45) is 0 Å². The van der Waals surface area contributed by atoms with Crippen molar-refractivity contribution in [3.8, 4) is 11.8 Å². The SMILES string of the molecule is N#Cc1ccc(N)c2c1OOCC2. The highest BCUT2D eigenvalue weighted by atomic mass is 17.2. The Bertz CT molecular complexity index is 382. The summed E-state index contributed by atoms with van der Waals surface area (Å²) in [4.78, 5) is 9.71. The van der Waals surface area contributed by atoms with Crippen LogP contribution >= 0.6 is 0 Å². The van der Waals surface area contributed by atoms with Crippen molar-refractivity contribution in [1.29, 1.82) is 5.26 Å². The lowest BCUT2D eigenvalue weighted by atomic mass is 10.0. The molecule has 0 atom stereocenters. The van der Waals surface area contributed by atoms with Crippen molar-refractivity contribution in [2.75, 3.05) is 12.3 Å². The van der Waals surface area contributed by atoms with Crippen LogP contribution in [0.1, 0.15) is 11.1 Å². The van der Waals surface area contributed by atoms with Crippen molar-refractivity contribution in [3.05, 3.63) is 23.3 Å². The van der Waals surface area contributed by atoms with Crippen molar-refractivity contribution in [2.45, 2.75) is 6.42 Å². The van der Waals surface area contributed by atoms with Gasteiger partial charge < -0.3 is 10.6 Å². The zero-order valence-electron chi connectivity index (χ0n) is 6.91. The Morgan fingerprint density at radius 1 is 1.46 bits per heavy atom. The number of benzene rings is 1. The monoisotopic (exact) mass is 176 g/mol. The largest absolute Gasteiger partial charge is 0.398 e. The summed E-state index contributed by atoms with van der Waals surface area (Å²) in [6.45, 7) is 0.478. The molecule has 1 aliphatic heterocycles. The summed E-state index contributed by atoms with van der Waals surface area (Å²) < 4.78 is 0. The van der Waals surface area contributed by atoms with Crippen molar-refractivity contribution >= 4 is 5.69 Å². The van der Waals surface area contributed by atoms with Gasteiger partial charge in [-0.1, -0.05) is 0 Å². The molecular formula is C9H8N2O2. The fourth-order valence-corrected chi connectivity index (χ4v) is 1.33. The first-order valence-corrected chi connectivity index (χ1v) is 3.94. The number of nitriles is 1. The molecule has 13 heavy (non-hydrogen) atoms. The number of nitrogens with two attached hydrogens (primary N) is 1. The molecule has 2 rings (SSSR count). The first kappa shape index (κ1) is 7.90. The van der Waals surface area contributed by atoms with Gasteiger partial charge in [0.2, 0.25) is 0 Å². The Morgan fingerprint density at radius 2 is 2.31 bits per heavy atom. The van der Waals surface area contributed by atoms with E-state index in [0.29, 0.717) is 30.0 Å². The lowest BCUT2D eigenvalue weighted by Crippen LogP contribution is -2.13. The minimum absolute atomic E-state index is 0.462. The number of hydrogen-bond acceptors (Lipinski definition) is 4. The van der Waals surface area contributed by atoms with Gasteiger partial charge >= 0.3 is 0 Å². The van der Waals surface area contributed by atoms with Crippen LogP contribution in [-0.2, 0) is 11.3 Å². The first-order chi connectivity index (χ1) is 6.33. The Hall–Kier alpha value is -1.73. The summed E-state index contributed by atoms with van der Waals surface area (Å²) in [5.74, 6) is 0.466. The third-order valence-corrected chi connectivity index (χ3v) is 1.99. The van der Waals surface area contributed by atoms with E-state index in [9.17, 15) is 0 Å². The fraction of sp³-hybridized carbons (Fsp3) is 0.222. The topological polar surface area (TPSA) is 68.3 Å². The van der Waals surface area contributed by atoms with E-state index in [4.69, 9.17) is 20.8 Å². The number of hydrogen-bond donors (Lipinski definition) is 1. The Labute approximate surface area is 75.4 Å². The minimum atomic E-state index is 0.462. The lowest BCUT2D eigenvalue weighted by Gasteiger charge is -2.17. The van der Waals surface area contributed by atoms with E-state index >= 15 is 0 Å². The molecule has 0 aromatic heterocycles. The maximum atomic E-state index is 8.76. The minimum Gasteiger partial charge on any atom is -0.398 e. The molecule has 0 bridgehead atoms. The van der Waals surface area contributed by atoms with Crippen molar-refractivity contribution in [1.82, 2.24) is 0 Å². The van der Waals surface area contributed by atoms with E-state index in [0.717, 1.165) is 5.56 Å². The second-order valence-electron chi connectivity index (χ2n) is 2.78. The fourth-order valence-electron chi connectivity index (χ4n) is 1.33. The molecule has 4 heteroatoms. The number of nitrogen functional groups attached to an aromatic ring is 1. The molecule has 0 aliphatic carbocycles. The average Bonchev–Trinajstić information content (AvgIpc) is 2.19. The van der Waals surface area contributed by atoms with Crippen LogP contribution in [0.4, 0.5) is 5.69 Å². The van der Waals surface area contributed by atoms with E-state index in [2.05, 4.69) is 0 Å². The maximum Gasteiger partial charge on any atom is 0.188 e. The number of fused-ring (bicyclic) bond motifs is 1. The quantitative estimate of drug-likeness (QED) is 0.473. The van der Waals surface area contributed by atoms with Crippen LogP contribution in [0.2, 0.25) is 0 Å². The maximum absolute atomic E-state index is 8.76. The summed E-state index contributed by atoms with van der Waals surface area (Å²) in [5.41, 5.74) is 7.70. The molecule has 1 heterocycles. The van der Waals surface area contributed by atoms with E-state index in [-0.39, 0.29) is 0 Å².